The summed E-state index contributed by atoms with van der Waals surface area (Å²) in [7, 11) is 0. The third kappa shape index (κ3) is 3.95. The van der Waals surface area contributed by atoms with E-state index in [-0.39, 0.29) is 43.0 Å². The van der Waals surface area contributed by atoms with E-state index >= 15 is 0 Å². The second kappa shape index (κ2) is 6.91. The van der Waals surface area contributed by atoms with Crippen LogP contribution in [0.3, 0.4) is 0 Å². The topological polar surface area (TPSA) is 82.4 Å². The number of carbonyl (C=O) groups is 2. The zero-order valence-corrected chi connectivity index (χ0v) is 14.8. The Kier molecular flexibility index (Phi) is 5.01. The van der Waals surface area contributed by atoms with Crippen LogP contribution >= 0.6 is 0 Å². The molecule has 0 bridgehead atoms. The number of esters is 1. The Labute approximate surface area is 147 Å². The van der Waals surface area contributed by atoms with Crippen LogP contribution in [0.1, 0.15) is 46.0 Å². The van der Waals surface area contributed by atoms with Crippen LogP contribution in [0.15, 0.2) is 0 Å². The van der Waals surface area contributed by atoms with Crippen LogP contribution in [-0.4, -0.2) is 53.7 Å². The van der Waals surface area contributed by atoms with Crippen molar-refractivity contribution in [1.29, 1.82) is 5.26 Å². The van der Waals surface area contributed by atoms with Gasteiger partial charge in [0, 0.05) is 18.9 Å². The van der Waals surface area contributed by atoms with E-state index in [9.17, 15) is 14.0 Å². The molecule has 25 heavy (non-hydrogen) atoms. The Morgan fingerprint density at radius 2 is 1.96 bits per heavy atom. The predicted octanol–water partition coefficient (Wildman–Crippen LogP) is 1.55. The first kappa shape index (κ1) is 18.1. The van der Waals surface area contributed by atoms with Gasteiger partial charge >= 0.3 is 5.97 Å². The van der Waals surface area contributed by atoms with Crippen LogP contribution in [0.2, 0.25) is 0 Å². The van der Waals surface area contributed by atoms with Crippen LogP contribution in [-0.2, 0) is 14.3 Å². The number of rotatable bonds is 4. The minimum absolute atomic E-state index is 0.0186. The summed E-state index contributed by atoms with van der Waals surface area (Å²) in [6, 6.07) is 1.36. The molecule has 6 atom stereocenters. The van der Waals surface area contributed by atoms with Gasteiger partial charge in [0.2, 0.25) is 5.91 Å². The van der Waals surface area contributed by atoms with Gasteiger partial charge in [0.05, 0.1) is 19.2 Å². The normalized spacial score (nSPS) is 39.9. The fourth-order valence-electron chi connectivity index (χ4n) is 4.95. The number of nitrogens with zero attached hydrogens (tertiary/aromatic N) is 2. The van der Waals surface area contributed by atoms with E-state index in [1.807, 2.05) is 6.07 Å². The fourth-order valence-corrected chi connectivity index (χ4v) is 4.95. The molecule has 0 aromatic heterocycles. The number of nitriles is 1. The maximum atomic E-state index is 13.5. The van der Waals surface area contributed by atoms with Gasteiger partial charge in [-0.05, 0) is 44.4 Å². The smallest absolute Gasteiger partial charge is 0.302 e. The maximum absolute atomic E-state index is 13.5. The van der Waals surface area contributed by atoms with Crippen molar-refractivity contribution in [2.45, 2.75) is 69.8 Å². The first-order chi connectivity index (χ1) is 11.8. The second-order valence-corrected chi connectivity index (χ2v) is 8.07. The minimum atomic E-state index is -1.10. The van der Waals surface area contributed by atoms with Crippen molar-refractivity contribution < 1.29 is 18.7 Å². The summed E-state index contributed by atoms with van der Waals surface area (Å²) in [5.41, 5.74) is -0.136. The Morgan fingerprint density at radius 1 is 1.32 bits per heavy atom. The number of carbonyl (C=O) groups excluding carboxylic acids is 2. The molecule has 1 saturated heterocycles. The number of hydrogen-bond donors (Lipinski definition) is 1. The van der Waals surface area contributed by atoms with Gasteiger partial charge in [0.1, 0.15) is 18.3 Å². The van der Waals surface area contributed by atoms with E-state index in [4.69, 9.17) is 10.00 Å². The third-order valence-electron chi connectivity index (χ3n) is 5.94. The maximum Gasteiger partial charge on any atom is 0.302 e. The molecule has 0 aromatic carbocycles. The second-order valence-electron chi connectivity index (χ2n) is 8.07. The summed E-state index contributed by atoms with van der Waals surface area (Å²) < 4.78 is 18.8. The summed E-state index contributed by atoms with van der Waals surface area (Å²) in [6.45, 7) is 3.71. The Hall–Kier alpha value is -1.68. The van der Waals surface area contributed by atoms with Crippen LogP contribution in [0.25, 0.3) is 0 Å². The summed E-state index contributed by atoms with van der Waals surface area (Å²) in [5.74, 6) is 0.583. The molecular formula is C18H26FN3O3. The van der Waals surface area contributed by atoms with Crippen molar-refractivity contribution in [3.05, 3.63) is 0 Å². The zero-order valence-electron chi connectivity index (χ0n) is 14.8. The quantitative estimate of drug-likeness (QED) is 0.777. The monoisotopic (exact) mass is 351 g/mol. The van der Waals surface area contributed by atoms with Gasteiger partial charge in [-0.15, -0.1) is 0 Å². The van der Waals surface area contributed by atoms with Crippen molar-refractivity contribution >= 4 is 11.9 Å². The third-order valence-corrected chi connectivity index (χ3v) is 5.94. The molecule has 1 unspecified atom stereocenters. The van der Waals surface area contributed by atoms with Gasteiger partial charge < -0.3 is 15.0 Å². The van der Waals surface area contributed by atoms with Gasteiger partial charge in [-0.1, -0.05) is 0 Å². The summed E-state index contributed by atoms with van der Waals surface area (Å²) >= 11 is 0. The number of amides is 1. The average molecular weight is 351 g/mol. The number of nitrogens with one attached hydrogen (secondary N) is 1. The van der Waals surface area contributed by atoms with Gasteiger partial charge in [-0.3, -0.25) is 9.59 Å². The predicted molar refractivity (Wildman–Crippen MR) is 88.0 cm³/mol. The van der Waals surface area contributed by atoms with E-state index in [1.165, 1.54) is 11.8 Å². The van der Waals surface area contributed by atoms with Gasteiger partial charge in [0.15, 0.2) is 0 Å². The number of halogens is 1. The van der Waals surface area contributed by atoms with E-state index in [0.29, 0.717) is 11.8 Å². The Balaban J connectivity index is 1.49. The highest BCUT2D eigenvalue weighted by atomic mass is 19.1. The van der Waals surface area contributed by atoms with E-state index in [1.54, 1.807) is 0 Å². The van der Waals surface area contributed by atoms with E-state index in [2.05, 4.69) is 12.2 Å². The number of hydrogen-bond acceptors (Lipinski definition) is 5. The molecule has 1 amide bonds. The highest BCUT2D eigenvalue weighted by Gasteiger charge is 2.48. The standard InChI is InChI=1S/C18H26FN3O3/c1-11(23)25-16-3-12-6-18(2,7-13(12)4-16)21-9-17(24)22-10-14(19)5-15(22)8-20/h12-16,21H,3-7,9-10H2,1-2H3/t12-,13+,14-,15-,16?,18-/m0/s1. The molecule has 1 N–H and O–H groups in total. The molecule has 0 aromatic rings. The van der Waals surface area contributed by atoms with Crippen LogP contribution in [0, 0.1) is 23.2 Å². The summed E-state index contributed by atoms with van der Waals surface area (Å²) in [5, 5.41) is 12.4. The molecule has 6 nitrogen and oxygen atoms in total. The van der Waals surface area contributed by atoms with Gasteiger partial charge in [-0.2, -0.15) is 5.26 Å². The molecule has 7 heteroatoms. The van der Waals surface area contributed by atoms with Crippen molar-refractivity contribution in [3.8, 4) is 6.07 Å². The largest absolute Gasteiger partial charge is 0.463 e. The summed E-state index contributed by atoms with van der Waals surface area (Å²) in [6.07, 6.45) is 2.70. The first-order valence-corrected chi connectivity index (χ1v) is 9.05. The number of likely N-dealkylation sites (tertiary alicyclic amines) is 1. The lowest BCUT2D eigenvalue weighted by Crippen LogP contribution is -2.48. The lowest BCUT2D eigenvalue weighted by molar-refractivity contribution is -0.146. The molecule has 2 aliphatic carbocycles. The Bertz CT molecular complexity index is 577. The molecule has 138 valence electrons. The van der Waals surface area contributed by atoms with Crippen LogP contribution < -0.4 is 5.32 Å². The molecule has 3 fully saturated rings. The zero-order chi connectivity index (χ0) is 18.2. The van der Waals surface area contributed by atoms with Crippen molar-refractivity contribution in [1.82, 2.24) is 10.2 Å². The molecule has 2 saturated carbocycles. The molecule has 0 radical (unpaired) electrons. The summed E-state index contributed by atoms with van der Waals surface area (Å²) in [4.78, 5) is 24.8. The van der Waals surface area contributed by atoms with E-state index in [0.717, 1.165) is 25.7 Å². The minimum Gasteiger partial charge on any atom is -0.463 e. The van der Waals surface area contributed by atoms with Crippen molar-refractivity contribution in [3.63, 3.8) is 0 Å². The number of fused-ring (bicyclic) bond motifs is 1. The van der Waals surface area contributed by atoms with Crippen molar-refractivity contribution in [2.75, 3.05) is 13.1 Å². The van der Waals surface area contributed by atoms with Crippen molar-refractivity contribution in [2.24, 2.45) is 11.8 Å². The highest BCUT2D eigenvalue weighted by Crippen LogP contribution is 2.49. The van der Waals surface area contributed by atoms with Gasteiger partial charge in [-0.25, -0.2) is 4.39 Å². The Morgan fingerprint density at radius 3 is 2.52 bits per heavy atom. The highest BCUT2D eigenvalue weighted by molar-refractivity contribution is 5.79. The molecule has 1 aliphatic heterocycles. The van der Waals surface area contributed by atoms with Gasteiger partial charge in [0.25, 0.3) is 0 Å². The molecule has 3 aliphatic rings. The van der Waals surface area contributed by atoms with E-state index < -0.39 is 12.2 Å². The van der Waals surface area contributed by atoms with Crippen LogP contribution in [0.4, 0.5) is 4.39 Å². The molecular weight excluding hydrogens is 325 g/mol. The first-order valence-electron chi connectivity index (χ1n) is 9.05. The SMILES string of the molecule is CC(=O)OC1C[C@@H]2C[C@@](C)(NCC(=O)N3C[C@@H](F)C[C@H]3C#N)C[C@@H]2C1. The van der Waals surface area contributed by atoms with Crippen LogP contribution in [0.5, 0.6) is 0 Å². The molecule has 0 spiro atoms. The molecule has 1 heterocycles. The lowest BCUT2D eigenvalue weighted by atomic mass is 9.95. The number of alkyl halides is 1. The lowest BCUT2D eigenvalue weighted by Gasteiger charge is -2.29. The average Bonchev–Trinajstić information content (AvgIpc) is 3.15. The molecule has 3 rings (SSSR count). The number of ether oxygens (including phenoxy) is 1. The fraction of sp³-hybridized carbons (Fsp3) is 0.833.